The minimum Gasteiger partial charge on any atom is -0.383 e. The molecular weight excluding hydrogens is 378 g/mol. The maximum atomic E-state index is 12.8. The number of aromatic nitrogens is 4. The SMILES string of the molecule is COCCn1nc(C)c(CNC(=O)c2c(C)nn(-c3ccccc3)c2Cl)c1C. The number of hydrogen-bond donors (Lipinski definition) is 1. The van der Waals surface area contributed by atoms with Gasteiger partial charge < -0.3 is 10.1 Å². The Labute approximate surface area is 169 Å². The topological polar surface area (TPSA) is 74.0 Å². The van der Waals surface area contributed by atoms with Crippen LogP contribution in [0, 0.1) is 20.8 Å². The van der Waals surface area contributed by atoms with E-state index in [2.05, 4.69) is 15.5 Å². The van der Waals surface area contributed by atoms with Crippen LogP contribution in [0.25, 0.3) is 5.69 Å². The lowest BCUT2D eigenvalue weighted by atomic mass is 10.2. The zero-order chi connectivity index (χ0) is 20.3. The summed E-state index contributed by atoms with van der Waals surface area (Å²) >= 11 is 6.47. The Morgan fingerprint density at radius 1 is 1.14 bits per heavy atom. The summed E-state index contributed by atoms with van der Waals surface area (Å²) in [4.78, 5) is 12.8. The minimum atomic E-state index is -0.256. The van der Waals surface area contributed by atoms with Gasteiger partial charge in [0.25, 0.3) is 5.91 Å². The van der Waals surface area contributed by atoms with Crippen LogP contribution in [0.3, 0.4) is 0 Å². The number of hydrogen-bond acceptors (Lipinski definition) is 4. The molecule has 0 atom stereocenters. The smallest absolute Gasteiger partial charge is 0.256 e. The van der Waals surface area contributed by atoms with E-state index in [1.165, 1.54) is 0 Å². The van der Waals surface area contributed by atoms with Gasteiger partial charge in [-0.3, -0.25) is 9.48 Å². The van der Waals surface area contributed by atoms with Gasteiger partial charge in [-0.2, -0.15) is 10.2 Å². The van der Waals surface area contributed by atoms with E-state index in [0.29, 0.717) is 36.1 Å². The molecule has 0 aliphatic carbocycles. The highest BCUT2D eigenvalue weighted by atomic mass is 35.5. The molecule has 0 unspecified atom stereocenters. The molecule has 0 aliphatic heterocycles. The van der Waals surface area contributed by atoms with Crippen molar-refractivity contribution in [3.8, 4) is 5.69 Å². The number of halogens is 1. The number of nitrogens with one attached hydrogen (secondary N) is 1. The monoisotopic (exact) mass is 401 g/mol. The third kappa shape index (κ3) is 3.95. The van der Waals surface area contributed by atoms with Gasteiger partial charge in [0.2, 0.25) is 0 Å². The second kappa shape index (κ2) is 8.58. The molecule has 28 heavy (non-hydrogen) atoms. The van der Waals surface area contributed by atoms with Crippen molar-refractivity contribution in [2.75, 3.05) is 13.7 Å². The number of carbonyl (C=O) groups excluding carboxylic acids is 1. The third-order valence-electron chi connectivity index (χ3n) is 4.70. The molecule has 1 aromatic carbocycles. The van der Waals surface area contributed by atoms with Crippen LogP contribution in [-0.4, -0.2) is 39.2 Å². The highest BCUT2D eigenvalue weighted by Gasteiger charge is 2.22. The standard InChI is InChI=1S/C20H24ClN5O2/c1-13-17(15(3)25(23-13)10-11-28-4)12-22-20(27)18-14(2)24-26(19(18)21)16-8-6-5-7-9-16/h5-9H,10-12H2,1-4H3,(H,22,27). The molecule has 0 bridgehead atoms. The summed E-state index contributed by atoms with van der Waals surface area (Å²) in [5.74, 6) is -0.256. The summed E-state index contributed by atoms with van der Waals surface area (Å²) in [5.41, 5.74) is 4.66. The first-order valence-corrected chi connectivity index (χ1v) is 9.42. The van der Waals surface area contributed by atoms with Crippen LogP contribution >= 0.6 is 11.6 Å². The fraction of sp³-hybridized carbons (Fsp3) is 0.350. The third-order valence-corrected chi connectivity index (χ3v) is 5.05. The second-order valence-electron chi connectivity index (χ2n) is 6.55. The average Bonchev–Trinajstić information content (AvgIpc) is 3.13. The van der Waals surface area contributed by atoms with Gasteiger partial charge in [0, 0.05) is 24.9 Å². The van der Waals surface area contributed by atoms with Crippen LogP contribution in [0.1, 0.15) is 33.0 Å². The van der Waals surface area contributed by atoms with Crippen LogP contribution in [0.15, 0.2) is 30.3 Å². The van der Waals surface area contributed by atoms with E-state index >= 15 is 0 Å². The Balaban J connectivity index is 1.78. The summed E-state index contributed by atoms with van der Waals surface area (Å²) in [6.07, 6.45) is 0. The number of methoxy groups -OCH3 is 1. The van der Waals surface area contributed by atoms with Gasteiger partial charge >= 0.3 is 0 Å². The second-order valence-corrected chi connectivity index (χ2v) is 6.90. The summed E-state index contributed by atoms with van der Waals surface area (Å²) < 4.78 is 8.59. The molecule has 3 rings (SSSR count). The highest BCUT2D eigenvalue weighted by molar-refractivity contribution is 6.33. The molecule has 148 valence electrons. The normalized spacial score (nSPS) is 11.0. The summed E-state index contributed by atoms with van der Waals surface area (Å²) in [5, 5.41) is 12.2. The number of carbonyl (C=O) groups is 1. The molecule has 1 N–H and O–H groups in total. The highest BCUT2D eigenvalue weighted by Crippen LogP contribution is 2.23. The number of rotatable bonds is 7. The number of aryl methyl sites for hydroxylation is 2. The first-order chi connectivity index (χ1) is 13.4. The Morgan fingerprint density at radius 3 is 2.54 bits per heavy atom. The fourth-order valence-electron chi connectivity index (χ4n) is 3.14. The van der Waals surface area contributed by atoms with E-state index in [1.807, 2.05) is 48.9 Å². The lowest BCUT2D eigenvalue weighted by Crippen LogP contribution is -2.24. The maximum Gasteiger partial charge on any atom is 0.256 e. The van der Waals surface area contributed by atoms with E-state index in [1.54, 1.807) is 18.7 Å². The lowest BCUT2D eigenvalue weighted by molar-refractivity contribution is 0.0950. The number of ether oxygens (including phenoxy) is 1. The molecule has 0 saturated heterocycles. The predicted octanol–water partition coefficient (Wildman–Crippen LogP) is 3.22. The lowest BCUT2D eigenvalue weighted by Gasteiger charge is -2.07. The molecule has 0 saturated carbocycles. The van der Waals surface area contributed by atoms with Gasteiger partial charge in [0.1, 0.15) is 5.15 Å². The Hall–Kier alpha value is -2.64. The minimum absolute atomic E-state index is 0.256. The summed E-state index contributed by atoms with van der Waals surface area (Å²) in [6, 6.07) is 9.49. The molecule has 2 aromatic heterocycles. The van der Waals surface area contributed by atoms with Gasteiger partial charge in [0.15, 0.2) is 0 Å². The molecule has 0 radical (unpaired) electrons. The first-order valence-electron chi connectivity index (χ1n) is 9.04. The largest absolute Gasteiger partial charge is 0.383 e. The van der Waals surface area contributed by atoms with E-state index < -0.39 is 0 Å². The predicted molar refractivity (Wildman–Crippen MR) is 108 cm³/mol. The molecule has 1 amide bonds. The number of nitrogens with zero attached hydrogens (tertiary/aromatic N) is 4. The summed E-state index contributed by atoms with van der Waals surface area (Å²) in [6.45, 7) is 7.33. The van der Waals surface area contributed by atoms with E-state index in [4.69, 9.17) is 16.3 Å². The zero-order valence-corrected chi connectivity index (χ0v) is 17.2. The van der Waals surface area contributed by atoms with Crippen LogP contribution in [0.5, 0.6) is 0 Å². The number of amides is 1. The Bertz CT molecular complexity index is 978. The quantitative estimate of drug-likeness (QED) is 0.659. The van der Waals surface area contributed by atoms with Crippen molar-refractivity contribution in [2.24, 2.45) is 0 Å². The van der Waals surface area contributed by atoms with Crippen molar-refractivity contribution >= 4 is 17.5 Å². The molecular formula is C20H24ClN5O2. The number of para-hydroxylation sites is 1. The van der Waals surface area contributed by atoms with E-state index in [9.17, 15) is 4.79 Å². The van der Waals surface area contributed by atoms with Crippen molar-refractivity contribution in [1.82, 2.24) is 24.9 Å². The van der Waals surface area contributed by atoms with Crippen molar-refractivity contribution in [2.45, 2.75) is 33.9 Å². The zero-order valence-electron chi connectivity index (χ0n) is 16.5. The van der Waals surface area contributed by atoms with E-state index in [-0.39, 0.29) is 5.91 Å². The van der Waals surface area contributed by atoms with Crippen LogP contribution in [0.2, 0.25) is 5.15 Å². The van der Waals surface area contributed by atoms with Crippen molar-refractivity contribution in [1.29, 1.82) is 0 Å². The number of benzene rings is 1. The van der Waals surface area contributed by atoms with Gasteiger partial charge in [-0.15, -0.1) is 0 Å². The van der Waals surface area contributed by atoms with Gasteiger partial charge in [-0.05, 0) is 32.9 Å². The molecule has 8 heteroatoms. The average molecular weight is 402 g/mol. The Morgan fingerprint density at radius 2 is 1.86 bits per heavy atom. The first kappa shape index (κ1) is 20.1. The van der Waals surface area contributed by atoms with Crippen molar-refractivity contribution in [3.63, 3.8) is 0 Å². The Kier molecular flexibility index (Phi) is 6.16. The van der Waals surface area contributed by atoms with Crippen molar-refractivity contribution < 1.29 is 9.53 Å². The maximum absolute atomic E-state index is 12.8. The molecule has 0 spiro atoms. The van der Waals surface area contributed by atoms with Crippen LogP contribution in [0.4, 0.5) is 0 Å². The summed E-state index contributed by atoms with van der Waals surface area (Å²) in [7, 11) is 1.66. The van der Waals surface area contributed by atoms with Crippen molar-refractivity contribution in [3.05, 3.63) is 63.7 Å². The molecule has 3 aromatic rings. The molecule has 0 fully saturated rings. The van der Waals surface area contributed by atoms with Gasteiger partial charge in [-0.1, -0.05) is 29.8 Å². The fourth-order valence-corrected chi connectivity index (χ4v) is 3.50. The molecule has 7 nitrogen and oxygen atoms in total. The van der Waals surface area contributed by atoms with Gasteiger partial charge in [0.05, 0.1) is 35.8 Å². The molecule has 0 aliphatic rings. The molecule has 2 heterocycles. The van der Waals surface area contributed by atoms with Gasteiger partial charge in [-0.25, -0.2) is 4.68 Å². The van der Waals surface area contributed by atoms with E-state index in [0.717, 1.165) is 22.6 Å². The van der Waals surface area contributed by atoms with Crippen LogP contribution in [-0.2, 0) is 17.8 Å². The van der Waals surface area contributed by atoms with Crippen LogP contribution < -0.4 is 5.32 Å².